The normalized spacial score (nSPS) is 11.3. The van der Waals surface area contributed by atoms with Crippen LogP contribution in [0.1, 0.15) is 174 Å². The van der Waals surface area contributed by atoms with E-state index in [0.717, 1.165) is 26.1 Å². The highest BCUT2D eigenvalue weighted by atomic mass is 16.5. The molecule has 0 radical (unpaired) electrons. The number of ether oxygens (including phenoxy) is 1. The molecule has 0 fully saturated rings. The van der Waals surface area contributed by atoms with Gasteiger partial charge in [0.1, 0.15) is 0 Å². The first kappa shape index (κ1) is 32.4. The number of aliphatic carboxylic acids is 1. The molecular formula is C30H60O3. The third-order valence-electron chi connectivity index (χ3n) is 6.82. The van der Waals surface area contributed by atoms with Crippen molar-refractivity contribution in [1.29, 1.82) is 0 Å². The number of unbranched alkanes of at least 4 members (excludes halogenated alkanes) is 23. The van der Waals surface area contributed by atoms with Crippen LogP contribution < -0.4 is 0 Å². The van der Waals surface area contributed by atoms with Crippen LogP contribution >= 0.6 is 0 Å². The Balaban J connectivity index is 3.01. The highest BCUT2D eigenvalue weighted by Crippen LogP contribution is 2.14. The summed E-state index contributed by atoms with van der Waals surface area (Å²) in [6.45, 7) is 4.23. The van der Waals surface area contributed by atoms with Crippen LogP contribution in [0.3, 0.4) is 0 Å². The second kappa shape index (κ2) is 29.5. The van der Waals surface area contributed by atoms with Gasteiger partial charge in [0.2, 0.25) is 0 Å². The van der Waals surface area contributed by atoms with Crippen molar-refractivity contribution in [2.24, 2.45) is 0 Å². The Morgan fingerprint density at radius 2 is 0.727 bits per heavy atom. The molecule has 3 heteroatoms. The molecule has 0 aromatic heterocycles. The summed E-state index contributed by atoms with van der Waals surface area (Å²) in [5, 5.41) is 8.61. The maximum atomic E-state index is 10.4. The number of carbonyl (C=O) groups is 1. The zero-order valence-electron chi connectivity index (χ0n) is 22.6. The molecule has 0 spiro atoms. The monoisotopic (exact) mass is 468 g/mol. The first-order valence-electron chi connectivity index (χ1n) is 15.1. The average Bonchev–Trinajstić information content (AvgIpc) is 2.80. The molecule has 1 N–H and O–H groups in total. The molecule has 33 heavy (non-hydrogen) atoms. The van der Waals surface area contributed by atoms with E-state index in [2.05, 4.69) is 6.92 Å². The highest BCUT2D eigenvalue weighted by molar-refractivity contribution is 5.66. The maximum Gasteiger partial charge on any atom is 0.303 e. The summed E-state index contributed by atoms with van der Waals surface area (Å²) in [6.07, 6.45) is 33.7. The van der Waals surface area contributed by atoms with Crippen LogP contribution in [0.15, 0.2) is 0 Å². The van der Waals surface area contributed by atoms with Gasteiger partial charge in [0, 0.05) is 19.6 Å². The van der Waals surface area contributed by atoms with Gasteiger partial charge in [-0.15, -0.1) is 0 Å². The van der Waals surface area contributed by atoms with Crippen molar-refractivity contribution in [3.8, 4) is 0 Å². The van der Waals surface area contributed by atoms with Crippen LogP contribution in [0, 0.1) is 0 Å². The summed E-state index contributed by atoms with van der Waals surface area (Å²) in [7, 11) is 0. The topological polar surface area (TPSA) is 46.5 Å². The molecule has 198 valence electrons. The standard InChI is InChI=1S/C30H60O3/c1-2-3-4-5-6-7-16-19-22-25-28-33-29-26-23-20-17-14-12-10-8-9-11-13-15-18-21-24-27-30(31)32/h2-29H2,1H3,(H,31,32). The minimum atomic E-state index is -0.654. The Hall–Kier alpha value is -0.570. The quantitative estimate of drug-likeness (QED) is 0.111. The van der Waals surface area contributed by atoms with E-state index >= 15 is 0 Å². The SMILES string of the molecule is CCCCCCCCCCCCOCCCCCCCCCCCCCCCCCC(=O)O. The largest absolute Gasteiger partial charge is 0.481 e. The molecular weight excluding hydrogens is 408 g/mol. The van der Waals surface area contributed by atoms with Gasteiger partial charge >= 0.3 is 5.97 Å². The summed E-state index contributed by atoms with van der Waals surface area (Å²) in [4.78, 5) is 10.4. The van der Waals surface area contributed by atoms with Crippen LogP contribution in [0.4, 0.5) is 0 Å². The van der Waals surface area contributed by atoms with E-state index in [4.69, 9.17) is 9.84 Å². The third-order valence-corrected chi connectivity index (χ3v) is 6.82. The van der Waals surface area contributed by atoms with Crippen LogP contribution in [0.25, 0.3) is 0 Å². The van der Waals surface area contributed by atoms with Gasteiger partial charge in [-0.05, 0) is 19.3 Å². The molecule has 0 unspecified atom stereocenters. The molecule has 0 heterocycles. The van der Waals surface area contributed by atoms with E-state index < -0.39 is 5.97 Å². The molecule has 0 aromatic carbocycles. The second-order valence-electron chi connectivity index (χ2n) is 10.2. The summed E-state index contributed by atoms with van der Waals surface area (Å²) < 4.78 is 5.81. The van der Waals surface area contributed by atoms with E-state index in [-0.39, 0.29) is 0 Å². The lowest BCUT2D eigenvalue weighted by Gasteiger charge is -2.05. The third kappa shape index (κ3) is 31.4. The number of carboxylic acids is 1. The Labute approximate surface area is 207 Å². The molecule has 0 aliphatic heterocycles. The minimum Gasteiger partial charge on any atom is -0.481 e. The van der Waals surface area contributed by atoms with Crippen molar-refractivity contribution in [1.82, 2.24) is 0 Å². The van der Waals surface area contributed by atoms with Gasteiger partial charge in [-0.2, -0.15) is 0 Å². The summed E-state index contributed by atoms with van der Waals surface area (Å²) in [6, 6.07) is 0. The van der Waals surface area contributed by atoms with Crippen molar-refractivity contribution in [3.63, 3.8) is 0 Å². The fourth-order valence-electron chi connectivity index (χ4n) is 4.57. The van der Waals surface area contributed by atoms with E-state index in [0.29, 0.717) is 6.42 Å². The molecule has 0 bridgehead atoms. The molecule has 0 saturated carbocycles. The van der Waals surface area contributed by atoms with Crippen LogP contribution in [-0.2, 0) is 9.53 Å². The highest BCUT2D eigenvalue weighted by Gasteiger charge is 1.98. The van der Waals surface area contributed by atoms with Crippen LogP contribution in [0.5, 0.6) is 0 Å². The summed E-state index contributed by atoms with van der Waals surface area (Å²) >= 11 is 0. The van der Waals surface area contributed by atoms with Crippen molar-refractivity contribution in [2.75, 3.05) is 13.2 Å². The fraction of sp³-hybridized carbons (Fsp3) is 0.967. The Bertz CT molecular complexity index is 370. The molecule has 0 atom stereocenters. The predicted octanol–water partition coefficient (Wildman–Crippen LogP) is 10.3. The van der Waals surface area contributed by atoms with Gasteiger partial charge in [-0.25, -0.2) is 0 Å². The molecule has 0 aromatic rings. The maximum absolute atomic E-state index is 10.4. The zero-order valence-corrected chi connectivity index (χ0v) is 22.6. The number of hydrogen-bond donors (Lipinski definition) is 1. The van der Waals surface area contributed by atoms with Crippen molar-refractivity contribution in [3.05, 3.63) is 0 Å². The van der Waals surface area contributed by atoms with Crippen molar-refractivity contribution in [2.45, 2.75) is 174 Å². The fourth-order valence-corrected chi connectivity index (χ4v) is 4.57. The molecule has 0 aliphatic carbocycles. The lowest BCUT2D eigenvalue weighted by Crippen LogP contribution is -1.97. The summed E-state index contributed by atoms with van der Waals surface area (Å²) in [5.41, 5.74) is 0. The number of rotatable bonds is 29. The van der Waals surface area contributed by atoms with E-state index in [1.807, 2.05) is 0 Å². The molecule has 0 rings (SSSR count). The summed E-state index contributed by atoms with van der Waals surface area (Å²) in [5.74, 6) is -0.654. The first-order chi connectivity index (χ1) is 16.3. The van der Waals surface area contributed by atoms with E-state index in [1.165, 1.54) is 148 Å². The lowest BCUT2D eigenvalue weighted by molar-refractivity contribution is -0.137. The predicted molar refractivity (Wildman–Crippen MR) is 144 cm³/mol. The van der Waals surface area contributed by atoms with Crippen molar-refractivity contribution < 1.29 is 14.6 Å². The smallest absolute Gasteiger partial charge is 0.303 e. The Morgan fingerprint density at radius 3 is 1.03 bits per heavy atom. The minimum absolute atomic E-state index is 0.340. The van der Waals surface area contributed by atoms with Gasteiger partial charge in [0.15, 0.2) is 0 Å². The van der Waals surface area contributed by atoms with E-state index in [9.17, 15) is 4.79 Å². The van der Waals surface area contributed by atoms with Gasteiger partial charge in [-0.1, -0.05) is 148 Å². The molecule has 0 amide bonds. The van der Waals surface area contributed by atoms with Gasteiger partial charge in [0.25, 0.3) is 0 Å². The second-order valence-corrected chi connectivity index (χ2v) is 10.2. The average molecular weight is 469 g/mol. The van der Waals surface area contributed by atoms with Gasteiger partial charge in [0.05, 0.1) is 0 Å². The van der Waals surface area contributed by atoms with Crippen LogP contribution in [0.2, 0.25) is 0 Å². The number of hydrogen-bond acceptors (Lipinski definition) is 2. The molecule has 0 aliphatic rings. The molecule has 3 nitrogen and oxygen atoms in total. The van der Waals surface area contributed by atoms with E-state index in [1.54, 1.807) is 0 Å². The molecule has 0 saturated heterocycles. The zero-order chi connectivity index (χ0) is 24.1. The lowest BCUT2D eigenvalue weighted by atomic mass is 10.0. The first-order valence-corrected chi connectivity index (χ1v) is 15.1. The Kier molecular flexibility index (Phi) is 29.0. The van der Waals surface area contributed by atoms with Crippen LogP contribution in [-0.4, -0.2) is 24.3 Å². The van der Waals surface area contributed by atoms with Gasteiger partial charge < -0.3 is 9.84 Å². The number of carboxylic acid groups (broad SMARTS) is 1. The van der Waals surface area contributed by atoms with Crippen molar-refractivity contribution >= 4 is 5.97 Å². The van der Waals surface area contributed by atoms with Gasteiger partial charge in [-0.3, -0.25) is 4.79 Å². The Morgan fingerprint density at radius 1 is 0.455 bits per heavy atom.